The minimum absolute atomic E-state index is 0.0910. The molecule has 176 valence electrons. The summed E-state index contributed by atoms with van der Waals surface area (Å²) in [5.74, 6) is -0.146. The Morgan fingerprint density at radius 1 is 1.15 bits per heavy atom. The monoisotopic (exact) mass is 492 g/mol. The number of furan rings is 1. The highest BCUT2D eigenvalue weighted by molar-refractivity contribution is 7.89. The molecule has 4 rings (SSSR count). The molecule has 1 saturated heterocycles. The number of sulfonamides is 1. The van der Waals surface area contributed by atoms with Crippen LogP contribution in [0.4, 0.5) is 5.00 Å². The van der Waals surface area contributed by atoms with E-state index in [0.717, 1.165) is 5.56 Å². The van der Waals surface area contributed by atoms with Gasteiger partial charge in [0.05, 0.1) is 16.1 Å². The maximum atomic E-state index is 13.2. The van der Waals surface area contributed by atoms with Gasteiger partial charge in [-0.1, -0.05) is 5.16 Å². The number of rotatable bonds is 5. The minimum Gasteiger partial charge on any atom is -0.459 e. The van der Waals surface area contributed by atoms with Crippen molar-refractivity contribution in [2.75, 3.05) is 31.5 Å². The number of hydrogen-bond acceptors (Lipinski definition) is 8. The first-order chi connectivity index (χ1) is 15.7. The van der Waals surface area contributed by atoms with Gasteiger partial charge in [-0.3, -0.25) is 9.59 Å². The van der Waals surface area contributed by atoms with Gasteiger partial charge in [-0.05, 0) is 51.0 Å². The number of aryl methyl sites for hydroxylation is 3. The molecule has 3 aromatic heterocycles. The van der Waals surface area contributed by atoms with E-state index in [9.17, 15) is 18.0 Å². The molecular formula is C21H24N4O6S2. The van der Waals surface area contributed by atoms with E-state index in [-0.39, 0.29) is 35.4 Å². The molecule has 0 aromatic carbocycles. The Labute approximate surface area is 195 Å². The maximum Gasteiger partial charge on any atom is 0.291 e. The zero-order valence-corrected chi connectivity index (χ0v) is 20.1. The van der Waals surface area contributed by atoms with E-state index in [2.05, 4.69) is 10.5 Å². The number of carbonyl (C=O) groups excluding carboxylic acids is 2. The fourth-order valence-electron chi connectivity index (χ4n) is 3.79. The van der Waals surface area contributed by atoms with Crippen LogP contribution in [0.3, 0.4) is 0 Å². The van der Waals surface area contributed by atoms with E-state index in [0.29, 0.717) is 35.1 Å². The topological polar surface area (TPSA) is 126 Å². The van der Waals surface area contributed by atoms with Gasteiger partial charge < -0.3 is 19.2 Å². The van der Waals surface area contributed by atoms with Gasteiger partial charge >= 0.3 is 0 Å². The fraction of sp³-hybridized carbons (Fsp3) is 0.381. The van der Waals surface area contributed by atoms with Gasteiger partial charge in [0.25, 0.3) is 11.8 Å². The van der Waals surface area contributed by atoms with Crippen LogP contribution in [0.5, 0.6) is 0 Å². The van der Waals surface area contributed by atoms with Crippen LogP contribution in [-0.4, -0.2) is 60.8 Å². The maximum absolute atomic E-state index is 13.2. The number of carbonyl (C=O) groups is 2. The minimum atomic E-state index is -3.77. The smallest absolute Gasteiger partial charge is 0.291 e. The molecule has 0 atom stereocenters. The van der Waals surface area contributed by atoms with Crippen LogP contribution in [0, 0.1) is 20.8 Å². The van der Waals surface area contributed by atoms with Crippen LogP contribution in [0.2, 0.25) is 0 Å². The summed E-state index contributed by atoms with van der Waals surface area (Å²) in [6, 6.07) is 4.92. The van der Waals surface area contributed by atoms with Gasteiger partial charge in [-0.2, -0.15) is 4.31 Å². The number of amides is 2. The number of nitrogens with one attached hydrogen (secondary N) is 1. The number of hydrogen-bond donors (Lipinski definition) is 1. The Hall–Kier alpha value is -2.96. The lowest BCUT2D eigenvalue weighted by Crippen LogP contribution is -2.37. The lowest BCUT2D eigenvalue weighted by molar-refractivity contribution is 0.0768. The first-order valence-electron chi connectivity index (χ1n) is 10.4. The molecule has 0 spiro atoms. The van der Waals surface area contributed by atoms with Crippen LogP contribution in [0.15, 0.2) is 38.3 Å². The first-order valence-corrected chi connectivity index (χ1v) is 12.6. The van der Waals surface area contributed by atoms with E-state index >= 15 is 0 Å². The predicted molar refractivity (Wildman–Crippen MR) is 121 cm³/mol. The molecular weight excluding hydrogens is 468 g/mol. The van der Waals surface area contributed by atoms with Gasteiger partial charge in [0.2, 0.25) is 10.0 Å². The Morgan fingerprint density at radius 3 is 2.61 bits per heavy atom. The van der Waals surface area contributed by atoms with Crippen LogP contribution in [0.1, 0.15) is 43.7 Å². The SMILES string of the molecule is Cc1cc(NC(=O)c2ccco2)sc1C(=O)N1CCCN(S(=O)(=O)c2c(C)noc2C)CC1. The van der Waals surface area contributed by atoms with Crippen molar-refractivity contribution in [1.82, 2.24) is 14.4 Å². The third kappa shape index (κ3) is 4.59. The van der Waals surface area contributed by atoms with Gasteiger partial charge in [0.15, 0.2) is 11.5 Å². The molecule has 1 N–H and O–H groups in total. The largest absolute Gasteiger partial charge is 0.459 e. The third-order valence-corrected chi connectivity index (χ3v) is 8.69. The average molecular weight is 493 g/mol. The summed E-state index contributed by atoms with van der Waals surface area (Å²) in [4.78, 5) is 27.7. The Bertz CT molecular complexity index is 1260. The molecule has 1 fully saturated rings. The van der Waals surface area contributed by atoms with Crippen molar-refractivity contribution in [3.05, 3.63) is 52.1 Å². The Morgan fingerprint density at radius 2 is 1.94 bits per heavy atom. The molecule has 3 aromatic rings. The number of nitrogens with zero attached hydrogens (tertiary/aromatic N) is 3. The zero-order chi connectivity index (χ0) is 23.8. The zero-order valence-electron chi connectivity index (χ0n) is 18.5. The molecule has 0 aliphatic carbocycles. The van der Waals surface area contributed by atoms with Crippen molar-refractivity contribution in [2.24, 2.45) is 0 Å². The van der Waals surface area contributed by atoms with Crippen molar-refractivity contribution in [1.29, 1.82) is 0 Å². The summed E-state index contributed by atoms with van der Waals surface area (Å²) in [7, 11) is -3.77. The fourth-order valence-corrected chi connectivity index (χ4v) is 6.59. The molecule has 0 bridgehead atoms. The highest BCUT2D eigenvalue weighted by Gasteiger charge is 2.33. The summed E-state index contributed by atoms with van der Waals surface area (Å²) in [5.41, 5.74) is 1.06. The quantitative estimate of drug-likeness (QED) is 0.580. The standard InChI is InChI=1S/C21H24N4O6S2/c1-13-12-17(22-20(26)16-6-4-11-30-16)32-18(13)21(27)24-7-5-8-25(10-9-24)33(28,29)19-14(2)23-31-15(19)3/h4,6,11-12H,5,7-10H2,1-3H3,(H,22,26). The van der Waals surface area contributed by atoms with Crippen molar-refractivity contribution < 1.29 is 26.9 Å². The van der Waals surface area contributed by atoms with Gasteiger partial charge in [0, 0.05) is 26.2 Å². The molecule has 33 heavy (non-hydrogen) atoms. The summed E-state index contributed by atoms with van der Waals surface area (Å²) in [6.45, 7) is 6.12. The van der Waals surface area contributed by atoms with E-state index in [1.165, 1.54) is 21.9 Å². The van der Waals surface area contributed by atoms with E-state index in [1.54, 1.807) is 43.9 Å². The second-order valence-electron chi connectivity index (χ2n) is 7.76. The summed E-state index contributed by atoms with van der Waals surface area (Å²) < 4.78 is 37.8. The Balaban J connectivity index is 1.46. The van der Waals surface area contributed by atoms with Crippen molar-refractivity contribution in [2.45, 2.75) is 32.1 Å². The number of thiophene rings is 1. The van der Waals surface area contributed by atoms with E-state index in [1.807, 2.05) is 0 Å². The van der Waals surface area contributed by atoms with Crippen LogP contribution in [0.25, 0.3) is 0 Å². The van der Waals surface area contributed by atoms with E-state index in [4.69, 9.17) is 8.94 Å². The van der Waals surface area contributed by atoms with Gasteiger partial charge in [-0.25, -0.2) is 8.42 Å². The number of anilines is 1. The summed E-state index contributed by atoms with van der Waals surface area (Å²) in [5, 5.41) is 7.03. The van der Waals surface area contributed by atoms with Gasteiger partial charge in [-0.15, -0.1) is 11.3 Å². The molecule has 12 heteroatoms. The normalized spacial score (nSPS) is 15.4. The molecule has 1 aliphatic rings. The van der Waals surface area contributed by atoms with Crippen LogP contribution < -0.4 is 5.32 Å². The molecule has 0 unspecified atom stereocenters. The lowest BCUT2D eigenvalue weighted by Gasteiger charge is -2.21. The van der Waals surface area contributed by atoms with Crippen LogP contribution >= 0.6 is 11.3 Å². The molecule has 1 aliphatic heterocycles. The van der Waals surface area contributed by atoms with Crippen LogP contribution in [-0.2, 0) is 10.0 Å². The Kier molecular flexibility index (Phi) is 6.41. The molecule has 2 amide bonds. The second kappa shape index (κ2) is 9.12. The van der Waals surface area contributed by atoms with Crippen molar-refractivity contribution in [3.8, 4) is 0 Å². The highest BCUT2D eigenvalue weighted by atomic mass is 32.2. The number of aromatic nitrogens is 1. The second-order valence-corrected chi connectivity index (χ2v) is 10.7. The van der Waals surface area contributed by atoms with E-state index < -0.39 is 15.9 Å². The third-order valence-electron chi connectivity index (χ3n) is 5.40. The predicted octanol–water partition coefficient (Wildman–Crippen LogP) is 3.04. The highest BCUT2D eigenvalue weighted by Crippen LogP contribution is 2.29. The summed E-state index contributed by atoms with van der Waals surface area (Å²) in [6.07, 6.45) is 1.92. The van der Waals surface area contributed by atoms with Gasteiger partial charge in [0.1, 0.15) is 10.6 Å². The summed E-state index contributed by atoms with van der Waals surface area (Å²) >= 11 is 1.18. The lowest BCUT2D eigenvalue weighted by atomic mass is 10.2. The molecule has 4 heterocycles. The molecule has 0 saturated carbocycles. The average Bonchev–Trinajstić information content (AvgIpc) is 3.44. The molecule has 0 radical (unpaired) electrons. The van der Waals surface area contributed by atoms with Crippen molar-refractivity contribution in [3.63, 3.8) is 0 Å². The molecule has 10 nitrogen and oxygen atoms in total. The van der Waals surface area contributed by atoms with Crippen molar-refractivity contribution >= 4 is 38.2 Å². The first kappa shape index (κ1) is 23.2.